The molecule has 7 heteroatoms. The van der Waals surface area contributed by atoms with Gasteiger partial charge in [-0.15, -0.1) is 11.3 Å². The minimum absolute atomic E-state index is 0.00225. The van der Waals surface area contributed by atoms with Gasteiger partial charge in [-0.2, -0.15) is 0 Å². The van der Waals surface area contributed by atoms with Crippen LogP contribution in [0, 0.1) is 6.92 Å². The lowest BCUT2D eigenvalue weighted by atomic mass is 10.1. The summed E-state index contributed by atoms with van der Waals surface area (Å²) in [6, 6.07) is 7.30. The lowest BCUT2D eigenvalue weighted by Crippen LogP contribution is -2.07. The molecular weight excluding hydrogens is 332 g/mol. The number of hydrogen-bond acceptors (Lipinski definition) is 5. The lowest BCUT2D eigenvalue weighted by molar-refractivity contribution is 0.0528. The van der Waals surface area contributed by atoms with Gasteiger partial charge in [-0.1, -0.05) is 29.8 Å². The second-order valence-electron chi connectivity index (χ2n) is 4.33. The van der Waals surface area contributed by atoms with Crippen LogP contribution in [0.2, 0.25) is 0 Å². The Kier molecular flexibility index (Phi) is 4.70. The Hall–Kier alpha value is -1.37. The summed E-state index contributed by atoms with van der Waals surface area (Å²) >= 11 is 1.01. The molecule has 2 aromatic rings. The van der Waals surface area contributed by atoms with Crippen LogP contribution >= 0.6 is 22.0 Å². The largest absolute Gasteiger partial charge is 0.462 e. The van der Waals surface area contributed by atoms with E-state index in [0.717, 1.165) is 16.9 Å². The molecule has 1 heterocycles. The van der Waals surface area contributed by atoms with Crippen molar-refractivity contribution in [3.63, 3.8) is 0 Å². The third kappa shape index (κ3) is 3.45. The molecule has 0 bridgehead atoms. The van der Waals surface area contributed by atoms with Crippen molar-refractivity contribution >= 4 is 37.0 Å². The number of carbonyl (C=O) groups is 1. The Balaban J connectivity index is 2.63. The minimum atomic E-state index is -4.06. The molecule has 0 aliphatic heterocycles. The van der Waals surface area contributed by atoms with Crippen LogP contribution in [-0.2, 0) is 13.8 Å². The van der Waals surface area contributed by atoms with Crippen LogP contribution in [0.1, 0.15) is 22.2 Å². The van der Waals surface area contributed by atoms with Crippen molar-refractivity contribution in [2.24, 2.45) is 0 Å². The fourth-order valence-electron chi connectivity index (χ4n) is 1.86. The average molecular weight is 345 g/mol. The van der Waals surface area contributed by atoms with E-state index in [1.165, 1.54) is 0 Å². The van der Waals surface area contributed by atoms with Crippen LogP contribution in [0.25, 0.3) is 11.1 Å². The summed E-state index contributed by atoms with van der Waals surface area (Å²) in [5, 5.41) is 1.60. The maximum Gasteiger partial charge on any atom is 0.349 e. The SMILES string of the molecule is CCOC(=O)c1scc(-c2ccc(C)cc2)c1S(=O)(=O)Cl. The van der Waals surface area contributed by atoms with Crippen molar-refractivity contribution in [3.05, 3.63) is 40.1 Å². The Bertz CT molecular complexity index is 761. The highest BCUT2D eigenvalue weighted by Crippen LogP contribution is 2.37. The van der Waals surface area contributed by atoms with Gasteiger partial charge in [0.05, 0.1) is 6.61 Å². The maximum absolute atomic E-state index is 11.9. The van der Waals surface area contributed by atoms with Crippen molar-refractivity contribution in [1.29, 1.82) is 0 Å². The summed E-state index contributed by atoms with van der Waals surface area (Å²) in [5.41, 5.74) is 2.15. The van der Waals surface area contributed by atoms with Crippen molar-refractivity contribution < 1.29 is 17.9 Å². The quantitative estimate of drug-likeness (QED) is 0.624. The third-order valence-electron chi connectivity index (χ3n) is 2.81. The molecule has 4 nitrogen and oxygen atoms in total. The first kappa shape index (κ1) is 16.0. The molecule has 0 radical (unpaired) electrons. The molecule has 0 amide bonds. The van der Waals surface area contributed by atoms with Crippen molar-refractivity contribution in [1.82, 2.24) is 0 Å². The second-order valence-corrected chi connectivity index (χ2v) is 7.71. The van der Waals surface area contributed by atoms with Gasteiger partial charge in [0.15, 0.2) is 0 Å². The van der Waals surface area contributed by atoms with Gasteiger partial charge in [-0.3, -0.25) is 0 Å². The molecule has 0 atom stereocenters. The average Bonchev–Trinajstić information content (AvgIpc) is 2.84. The van der Waals surface area contributed by atoms with E-state index >= 15 is 0 Å². The van der Waals surface area contributed by atoms with E-state index in [1.54, 1.807) is 24.4 Å². The first-order valence-electron chi connectivity index (χ1n) is 6.15. The van der Waals surface area contributed by atoms with Gasteiger partial charge in [0.1, 0.15) is 9.77 Å². The van der Waals surface area contributed by atoms with E-state index in [4.69, 9.17) is 15.4 Å². The number of benzene rings is 1. The molecule has 112 valence electrons. The predicted molar refractivity (Wildman–Crippen MR) is 83.5 cm³/mol. The number of aryl methyl sites for hydroxylation is 1. The molecule has 0 N–H and O–H groups in total. The van der Waals surface area contributed by atoms with Crippen LogP contribution in [0.4, 0.5) is 0 Å². The monoisotopic (exact) mass is 344 g/mol. The molecule has 1 aromatic heterocycles. The van der Waals surface area contributed by atoms with Gasteiger partial charge in [0.2, 0.25) is 0 Å². The molecule has 2 rings (SSSR count). The van der Waals surface area contributed by atoms with Gasteiger partial charge < -0.3 is 4.74 Å². The van der Waals surface area contributed by atoms with Gasteiger partial charge in [-0.25, -0.2) is 13.2 Å². The summed E-state index contributed by atoms with van der Waals surface area (Å²) in [7, 11) is 1.45. The summed E-state index contributed by atoms with van der Waals surface area (Å²) in [4.78, 5) is 11.7. The fraction of sp³-hybridized carbons (Fsp3) is 0.214. The Morgan fingerprint density at radius 1 is 1.29 bits per heavy atom. The van der Waals surface area contributed by atoms with E-state index in [0.29, 0.717) is 11.1 Å². The van der Waals surface area contributed by atoms with E-state index < -0.39 is 15.0 Å². The van der Waals surface area contributed by atoms with Crippen LogP contribution < -0.4 is 0 Å². The zero-order chi connectivity index (χ0) is 15.6. The summed E-state index contributed by atoms with van der Waals surface area (Å²) in [6.45, 7) is 3.75. The summed E-state index contributed by atoms with van der Waals surface area (Å²) < 4.78 is 28.6. The molecule has 1 aromatic carbocycles. The molecular formula is C14H13ClO4S2. The Morgan fingerprint density at radius 3 is 2.43 bits per heavy atom. The van der Waals surface area contributed by atoms with E-state index in [1.807, 2.05) is 19.1 Å². The smallest absolute Gasteiger partial charge is 0.349 e. The molecule has 0 saturated carbocycles. The number of halogens is 1. The minimum Gasteiger partial charge on any atom is -0.462 e. The van der Waals surface area contributed by atoms with Gasteiger partial charge >= 0.3 is 5.97 Å². The number of hydrogen-bond donors (Lipinski definition) is 0. The van der Waals surface area contributed by atoms with Gasteiger partial charge in [0, 0.05) is 21.6 Å². The third-order valence-corrected chi connectivity index (χ3v) is 5.28. The van der Waals surface area contributed by atoms with Crippen molar-refractivity contribution in [2.45, 2.75) is 18.7 Å². The van der Waals surface area contributed by atoms with E-state index in [-0.39, 0.29) is 16.4 Å². The highest BCUT2D eigenvalue weighted by Gasteiger charge is 2.28. The number of ether oxygens (including phenoxy) is 1. The predicted octanol–water partition coefficient (Wildman–Crippen LogP) is 3.83. The molecule has 21 heavy (non-hydrogen) atoms. The maximum atomic E-state index is 11.9. The topological polar surface area (TPSA) is 60.4 Å². The number of rotatable bonds is 4. The lowest BCUT2D eigenvalue weighted by Gasteiger charge is -2.05. The zero-order valence-electron chi connectivity index (χ0n) is 11.4. The van der Waals surface area contributed by atoms with Crippen LogP contribution in [0.15, 0.2) is 34.5 Å². The van der Waals surface area contributed by atoms with E-state index in [2.05, 4.69) is 0 Å². The Morgan fingerprint density at radius 2 is 1.90 bits per heavy atom. The molecule has 0 fully saturated rings. The van der Waals surface area contributed by atoms with Crippen molar-refractivity contribution in [2.75, 3.05) is 6.61 Å². The zero-order valence-corrected chi connectivity index (χ0v) is 13.8. The summed E-state index contributed by atoms with van der Waals surface area (Å²) in [5.74, 6) is -0.680. The first-order chi connectivity index (χ1) is 9.84. The molecule has 0 spiro atoms. The van der Waals surface area contributed by atoms with Gasteiger partial charge in [-0.05, 0) is 19.4 Å². The molecule has 0 aliphatic rings. The van der Waals surface area contributed by atoms with Crippen LogP contribution in [0.3, 0.4) is 0 Å². The number of carbonyl (C=O) groups excluding carboxylic acids is 1. The normalized spacial score (nSPS) is 11.4. The molecule has 0 aliphatic carbocycles. The standard InChI is InChI=1S/C14H13ClO4S2/c1-3-19-14(16)12-13(21(15,17)18)11(8-20-12)10-6-4-9(2)5-7-10/h4-8H,3H2,1-2H3. The fourth-order valence-corrected chi connectivity index (χ4v) is 4.63. The van der Waals surface area contributed by atoms with Gasteiger partial charge in [0.25, 0.3) is 9.05 Å². The first-order valence-corrected chi connectivity index (χ1v) is 9.33. The number of esters is 1. The number of thiophene rings is 1. The highest BCUT2D eigenvalue weighted by molar-refractivity contribution is 8.14. The second kappa shape index (κ2) is 6.17. The van der Waals surface area contributed by atoms with Crippen molar-refractivity contribution in [3.8, 4) is 11.1 Å². The molecule has 0 unspecified atom stereocenters. The van der Waals surface area contributed by atoms with E-state index in [9.17, 15) is 13.2 Å². The highest BCUT2D eigenvalue weighted by atomic mass is 35.7. The van der Waals surface area contributed by atoms with Crippen LogP contribution in [0.5, 0.6) is 0 Å². The van der Waals surface area contributed by atoms with Crippen LogP contribution in [-0.4, -0.2) is 21.0 Å². The summed E-state index contributed by atoms with van der Waals surface area (Å²) in [6.07, 6.45) is 0. The Labute approximate surface area is 131 Å². The molecule has 0 saturated heterocycles.